The van der Waals surface area contributed by atoms with Gasteiger partial charge in [-0.15, -0.1) is 0 Å². The Morgan fingerprint density at radius 1 is 1.13 bits per heavy atom. The molecule has 31 heavy (non-hydrogen) atoms. The smallest absolute Gasteiger partial charge is 0.165 e. The molecule has 5 rings (SSSR count). The highest BCUT2D eigenvalue weighted by atomic mass is 16.3. The molecule has 4 heteroatoms. The molecule has 0 amide bonds. The summed E-state index contributed by atoms with van der Waals surface area (Å²) < 4.78 is 2.05. The summed E-state index contributed by atoms with van der Waals surface area (Å²) in [5, 5.41) is 14.9. The fraction of sp³-hybridized carbons (Fsp3) is 0.778. The SMILES string of the molecule is CCn1nc(C)c(/C=C2/C[C@@H]3[C@H]4CC[C@H]5C[C@@H](O)CC[C@]5(C)[C@@H]4CC[C@@]3(C)C2=O)c1C. The van der Waals surface area contributed by atoms with E-state index >= 15 is 0 Å². The van der Waals surface area contributed by atoms with Crippen LogP contribution in [0.15, 0.2) is 5.57 Å². The zero-order chi connectivity index (χ0) is 22.1. The van der Waals surface area contributed by atoms with E-state index in [1.165, 1.54) is 25.0 Å². The number of allylic oxidation sites excluding steroid dienone is 1. The molecular formula is C27H40N2O2. The minimum absolute atomic E-state index is 0.0957. The standard InChI is InChI=1S/C27H40N2O2/c1-6-29-17(3)22(16(2)28-29)13-18-14-24-21-8-7-19-15-20(30)9-11-26(19,4)23(21)10-12-27(24,5)25(18)31/h13,19-21,23-24,30H,6-12,14-15H2,1-5H3/b18-13-/t19-,20-,21-,23+,24+,26-,27+/m0/s1. The van der Waals surface area contributed by atoms with Gasteiger partial charge in [-0.3, -0.25) is 9.48 Å². The van der Waals surface area contributed by atoms with E-state index in [9.17, 15) is 9.90 Å². The van der Waals surface area contributed by atoms with E-state index in [1.54, 1.807) is 0 Å². The summed E-state index contributed by atoms with van der Waals surface area (Å²) in [5.74, 6) is 2.93. The zero-order valence-corrected chi connectivity index (χ0v) is 20.1. The Kier molecular flexibility index (Phi) is 5.04. The van der Waals surface area contributed by atoms with Crippen molar-refractivity contribution < 1.29 is 9.90 Å². The van der Waals surface area contributed by atoms with Gasteiger partial charge in [0.1, 0.15) is 0 Å². The molecule has 1 N–H and O–H groups in total. The first-order valence-electron chi connectivity index (χ1n) is 12.7. The van der Waals surface area contributed by atoms with Gasteiger partial charge in [-0.2, -0.15) is 5.10 Å². The number of carbonyl (C=O) groups excluding carboxylic acids is 1. The van der Waals surface area contributed by atoms with E-state index in [0.717, 1.165) is 61.4 Å². The summed E-state index contributed by atoms with van der Waals surface area (Å²) in [4.78, 5) is 13.7. The number of aliphatic hydroxyl groups excluding tert-OH is 1. The number of aromatic nitrogens is 2. The minimum atomic E-state index is -0.188. The summed E-state index contributed by atoms with van der Waals surface area (Å²) in [6.07, 6.45) is 10.8. The lowest BCUT2D eigenvalue weighted by Crippen LogP contribution is -2.54. The first-order chi connectivity index (χ1) is 14.7. The van der Waals surface area contributed by atoms with Crippen molar-refractivity contribution in [2.24, 2.45) is 34.5 Å². The summed E-state index contributed by atoms with van der Waals surface area (Å²) in [7, 11) is 0. The van der Waals surface area contributed by atoms with Crippen LogP contribution in [0.25, 0.3) is 6.08 Å². The Morgan fingerprint density at radius 2 is 1.90 bits per heavy atom. The van der Waals surface area contributed by atoms with Crippen molar-refractivity contribution in [1.29, 1.82) is 0 Å². The Labute approximate surface area is 187 Å². The fourth-order valence-electron chi connectivity index (χ4n) is 8.44. The molecule has 0 saturated heterocycles. The highest BCUT2D eigenvalue weighted by Gasteiger charge is 2.61. The number of rotatable bonds is 2. The van der Waals surface area contributed by atoms with Crippen molar-refractivity contribution in [3.05, 3.63) is 22.5 Å². The molecule has 1 heterocycles. The first-order valence-corrected chi connectivity index (χ1v) is 12.7. The Balaban J connectivity index is 1.46. The zero-order valence-electron chi connectivity index (χ0n) is 20.1. The van der Waals surface area contributed by atoms with Crippen LogP contribution in [0.4, 0.5) is 0 Å². The molecule has 0 radical (unpaired) electrons. The van der Waals surface area contributed by atoms with Gasteiger partial charge in [-0.25, -0.2) is 0 Å². The van der Waals surface area contributed by atoms with Gasteiger partial charge in [0, 0.05) is 23.2 Å². The molecule has 0 aliphatic heterocycles. The average Bonchev–Trinajstić information content (AvgIpc) is 3.16. The summed E-state index contributed by atoms with van der Waals surface area (Å²) in [5.41, 5.74) is 4.57. The van der Waals surface area contributed by atoms with Crippen LogP contribution < -0.4 is 0 Å². The molecule has 1 aromatic heterocycles. The van der Waals surface area contributed by atoms with Crippen LogP contribution in [0.1, 0.15) is 89.1 Å². The molecule has 0 aromatic carbocycles. The maximum atomic E-state index is 13.7. The van der Waals surface area contributed by atoms with Gasteiger partial charge in [0.15, 0.2) is 5.78 Å². The van der Waals surface area contributed by atoms with E-state index in [0.29, 0.717) is 29.0 Å². The molecular weight excluding hydrogens is 384 g/mol. The van der Waals surface area contributed by atoms with E-state index in [2.05, 4.69) is 45.8 Å². The van der Waals surface area contributed by atoms with E-state index in [-0.39, 0.29) is 11.5 Å². The van der Waals surface area contributed by atoms with Gasteiger partial charge in [-0.05, 0) is 113 Å². The largest absolute Gasteiger partial charge is 0.393 e. The van der Waals surface area contributed by atoms with Crippen molar-refractivity contribution in [1.82, 2.24) is 9.78 Å². The number of Topliss-reactive ketones (excluding diaryl/α,β-unsaturated/α-hetero) is 1. The van der Waals surface area contributed by atoms with Gasteiger partial charge < -0.3 is 5.11 Å². The monoisotopic (exact) mass is 424 g/mol. The summed E-state index contributed by atoms with van der Waals surface area (Å²) in [6.45, 7) is 12.0. The minimum Gasteiger partial charge on any atom is -0.393 e. The molecule has 4 nitrogen and oxygen atoms in total. The molecule has 170 valence electrons. The third-order valence-electron chi connectivity index (χ3n) is 10.3. The van der Waals surface area contributed by atoms with E-state index < -0.39 is 0 Å². The normalized spacial score (nSPS) is 43.6. The van der Waals surface area contributed by atoms with E-state index in [1.807, 2.05) is 4.68 Å². The van der Waals surface area contributed by atoms with Crippen LogP contribution >= 0.6 is 0 Å². The van der Waals surface area contributed by atoms with Gasteiger partial charge in [0.2, 0.25) is 0 Å². The second kappa shape index (κ2) is 7.30. The third-order valence-corrected chi connectivity index (χ3v) is 10.3. The molecule has 0 bridgehead atoms. The second-order valence-corrected chi connectivity index (χ2v) is 11.6. The highest BCUT2D eigenvalue weighted by Crippen LogP contribution is 2.66. The van der Waals surface area contributed by atoms with Crippen LogP contribution in [-0.2, 0) is 11.3 Å². The topological polar surface area (TPSA) is 55.1 Å². The van der Waals surface area contributed by atoms with Gasteiger partial charge in [0.25, 0.3) is 0 Å². The van der Waals surface area contributed by atoms with Gasteiger partial charge in [0.05, 0.1) is 11.8 Å². The number of hydrogen-bond acceptors (Lipinski definition) is 3. The molecule has 0 unspecified atom stereocenters. The number of aryl methyl sites for hydroxylation is 2. The number of hydrogen-bond donors (Lipinski definition) is 1. The predicted molar refractivity (Wildman–Crippen MR) is 123 cm³/mol. The first kappa shape index (κ1) is 21.4. The molecule has 4 fully saturated rings. The lowest BCUT2D eigenvalue weighted by atomic mass is 9.45. The van der Waals surface area contributed by atoms with Crippen LogP contribution in [0.3, 0.4) is 0 Å². The Hall–Kier alpha value is -1.42. The molecule has 7 atom stereocenters. The fourth-order valence-corrected chi connectivity index (χ4v) is 8.44. The average molecular weight is 425 g/mol. The maximum absolute atomic E-state index is 13.7. The number of nitrogens with zero attached hydrogens (tertiary/aromatic N) is 2. The van der Waals surface area contributed by atoms with Crippen molar-refractivity contribution in [3.8, 4) is 0 Å². The maximum Gasteiger partial charge on any atom is 0.165 e. The molecule has 4 aliphatic carbocycles. The number of carbonyl (C=O) groups is 1. The van der Waals surface area contributed by atoms with Crippen molar-refractivity contribution >= 4 is 11.9 Å². The quantitative estimate of drug-likeness (QED) is 0.639. The van der Waals surface area contributed by atoms with Crippen LogP contribution in [-0.4, -0.2) is 26.8 Å². The molecule has 0 spiro atoms. The Bertz CT molecular complexity index is 930. The molecule has 4 aliphatic rings. The third kappa shape index (κ3) is 3.03. The van der Waals surface area contributed by atoms with Crippen LogP contribution in [0, 0.1) is 48.3 Å². The van der Waals surface area contributed by atoms with E-state index in [4.69, 9.17) is 0 Å². The van der Waals surface area contributed by atoms with Crippen LogP contribution in [0.2, 0.25) is 0 Å². The highest BCUT2D eigenvalue weighted by molar-refractivity contribution is 6.06. The molecule has 1 aromatic rings. The van der Waals surface area contributed by atoms with Crippen molar-refractivity contribution in [2.45, 2.75) is 98.6 Å². The predicted octanol–water partition coefficient (Wildman–Crippen LogP) is 5.49. The van der Waals surface area contributed by atoms with Gasteiger partial charge in [-0.1, -0.05) is 13.8 Å². The number of fused-ring (bicyclic) bond motifs is 5. The van der Waals surface area contributed by atoms with Crippen molar-refractivity contribution in [2.75, 3.05) is 0 Å². The van der Waals surface area contributed by atoms with Crippen molar-refractivity contribution in [3.63, 3.8) is 0 Å². The Morgan fingerprint density at radius 3 is 2.61 bits per heavy atom. The van der Waals surface area contributed by atoms with Gasteiger partial charge >= 0.3 is 0 Å². The van der Waals surface area contributed by atoms with Crippen LogP contribution in [0.5, 0.6) is 0 Å². The summed E-state index contributed by atoms with van der Waals surface area (Å²) >= 11 is 0. The lowest BCUT2D eigenvalue weighted by Gasteiger charge is -2.59. The number of aliphatic hydroxyl groups is 1. The lowest BCUT2D eigenvalue weighted by molar-refractivity contribution is -0.141. The summed E-state index contributed by atoms with van der Waals surface area (Å²) in [6, 6.07) is 0. The second-order valence-electron chi connectivity index (χ2n) is 11.6. The molecule has 4 saturated carbocycles. The number of ketones is 1.